The molecule has 1 fully saturated rings. The molecule has 1 aliphatic rings. The van der Waals surface area contributed by atoms with Crippen LogP contribution >= 0.6 is 0 Å². The van der Waals surface area contributed by atoms with Gasteiger partial charge in [0.05, 0.1) is 13.2 Å². The van der Waals surface area contributed by atoms with E-state index in [-0.39, 0.29) is 6.29 Å². The lowest BCUT2D eigenvalue weighted by atomic mass is 9.79. The molecule has 0 saturated carbocycles. The highest BCUT2D eigenvalue weighted by atomic mass is 16.7. The van der Waals surface area contributed by atoms with Crippen LogP contribution in [0.2, 0.25) is 0 Å². The van der Waals surface area contributed by atoms with Crippen molar-refractivity contribution in [2.45, 2.75) is 6.29 Å². The van der Waals surface area contributed by atoms with Crippen molar-refractivity contribution in [1.29, 1.82) is 0 Å². The average molecular weight is 194 g/mol. The lowest BCUT2D eigenvalue weighted by molar-refractivity contribution is -0.0440. The first-order chi connectivity index (χ1) is 6.77. The second-order valence-corrected chi connectivity index (χ2v) is 3.12. The quantitative estimate of drug-likeness (QED) is 0.618. The van der Waals surface area contributed by atoms with Gasteiger partial charge in [-0.05, 0) is 5.46 Å². The summed E-state index contributed by atoms with van der Waals surface area (Å²) in [6.07, 6.45) is -0.367. The number of ether oxygens (including phenoxy) is 2. The van der Waals surface area contributed by atoms with Gasteiger partial charge in [0.1, 0.15) is 0 Å². The molecular weight excluding hydrogens is 183 g/mol. The van der Waals surface area contributed by atoms with E-state index in [4.69, 9.17) is 19.5 Å². The summed E-state index contributed by atoms with van der Waals surface area (Å²) in [4.78, 5) is 0. The van der Waals surface area contributed by atoms with Gasteiger partial charge in [-0.3, -0.25) is 0 Å². The maximum Gasteiger partial charge on any atom is 0.488 e. The van der Waals surface area contributed by atoms with Crippen molar-refractivity contribution in [2.75, 3.05) is 13.2 Å². The molecule has 1 heterocycles. The zero-order valence-corrected chi connectivity index (χ0v) is 7.59. The van der Waals surface area contributed by atoms with Crippen molar-refractivity contribution in [2.24, 2.45) is 0 Å². The molecule has 1 aromatic rings. The van der Waals surface area contributed by atoms with Crippen LogP contribution in [-0.4, -0.2) is 30.4 Å². The lowest BCUT2D eigenvalue weighted by Crippen LogP contribution is -2.30. The molecule has 0 amide bonds. The van der Waals surface area contributed by atoms with Crippen LogP contribution in [0.3, 0.4) is 0 Å². The Balaban J connectivity index is 2.21. The fourth-order valence-corrected chi connectivity index (χ4v) is 1.42. The Labute approximate surface area is 82.2 Å². The molecule has 1 aromatic carbocycles. The first-order valence-electron chi connectivity index (χ1n) is 4.46. The summed E-state index contributed by atoms with van der Waals surface area (Å²) in [5, 5.41) is 17.9. The third-order valence-electron chi connectivity index (χ3n) is 2.10. The van der Waals surface area contributed by atoms with Crippen molar-refractivity contribution in [3.05, 3.63) is 29.8 Å². The minimum Gasteiger partial charge on any atom is -0.423 e. The highest BCUT2D eigenvalue weighted by molar-refractivity contribution is 6.58. The van der Waals surface area contributed by atoms with Gasteiger partial charge in [-0.25, -0.2) is 0 Å². The Morgan fingerprint density at radius 2 is 1.93 bits per heavy atom. The molecular formula is C9H11BO4. The van der Waals surface area contributed by atoms with Gasteiger partial charge in [-0.1, -0.05) is 24.3 Å². The highest BCUT2D eigenvalue weighted by Crippen LogP contribution is 2.21. The van der Waals surface area contributed by atoms with E-state index in [1.807, 2.05) is 6.07 Å². The summed E-state index contributed by atoms with van der Waals surface area (Å²) in [7, 11) is -1.45. The lowest BCUT2D eigenvalue weighted by Gasteiger charge is -2.10. The predicted octanol–water partition coefficient (Wildman–Crippen LogP) is -0.588. The summed E-state index contributed by atoms with van der Waals surface area (Å²) >= 11 is 0. The van der Waals surface area contributed by atoms with Crippen molar-refractivity contribution >= 4 is 12.6 Å². The van der Waals surface area contributed by atoms with Crippen molar-refractivity contribution < 1.29 is 19.5 Å². The van der Waals surface area contributed by atoms with Crippen LogP contribution in [0.4, 0.5) is 0 Å². The normalized spacial score (nSPS) is 17.3. The Morgan fingerprint density at radius 1 is 1.21 bits per heavy atom. The second-order valence-electron chi connectivity index (χ2n) is 3.12. The van der Waals surface area contributed by atoms with Crippen LogP contribution in [0.5, 0.6) is 0 Å². The van der Waals surface area contributed by atoms with E-state index >= 15 is 0 Å². The SMILES string of the molecule is OB(O)c1cccc(C2OCCO2)c1. The molecule has 1 aliphatic heterocycles. The molecule has 2 rings (SSSR count). The van der Waals surface area contributed by atoms with Gasteiger partial charge in [0, 0.05) is 5.56 Å². The van der Waals surface area contributed by atoms with Gasteiger partial charge >= 0.3 is 7.12 Å². The standard InChI is InChI=1S/C9H11BO4/c11-10(12)8-3-1-2-7(6-8)9-13-4-5-14-9/h1-3,6,9,11-12H,4-5H2. The average Bonchev–Trinajstić information content (AvgIpc) is 2.71. The summed E-state index contributed by atoms with van der Waals surface area (Å²) < 4.78 is 10.6. The topological polar surface area (TPSA) is 58.9 Å². The van der Waals surface area contributed by atoms with Gasteiger partial charge in [-0.15, -0.1) is 0 Å². The maximum absolute atomic E-state index is 8.96. The molecule has 0 bridgehead atoms. The monoisotopic (exact) mass is 194 g/mol. The highest BCUT2D eigenvalue weighted by Gasteiger charge is 2.20. The van der Waals surface area contributed by atoms with Crippen molar-refractivity contribution in [3.8, 4) is 0 Å². The largest absolute Gasteiger partial charge is 0.488 e. The van der Waals surface area contributed by atoms with Crippen molar-refractivity contribution in [3.63, 3.8) is 0 Å². The van der Waals surface area contributed by atoms with Crippen LogP contribution < -0.4 is 5.46 Å². The molecule has 14 heavy (non-hydrogen) atoms. The summed E-state index contributed by atoms with van der Waals surface area (Å²) in [5.41, 5.74) is 1.26. The molecule has 1 saturated heterocycles. The molecule has 0 spiro atoms. The molecule has 0 aromatic heterocycles. The van der Waals surface area contributed by atoms with E-state index in [1.165, 1.54) is 0 Å². The van der Waals surface area contributed by atoms with Crippen LogP contribution in [0.15, 0.2) is 24.3 Å². The maximum atomic E-state index is 8.96. The molecule has 0 atom stereocenters. The molecule has 5 heteroatoms. The minimum absolute atomic E-state index is 0.367. The smallest absolute Gasteiger partial charge is 0.423 e. The van der Waals surface area contributed by atoms with E-state index in [0.717, 1.165) is 5.56 Å². The Kier molecular flexibility index (Phi) is 2.83. The zero-order valence-electron chi connectivity index (χ0n) is 7.59. The Morgan fingerprint density at radius 3 is 2.57 bits per heavy atom. The van der Waals surface area contributed by atoms with Gasteiger partial charge in [-0.2, -0.15) is 0 Å². The number of benzene rings is 1. The van der Waals surface area contributed by atoms with Gasteiger partial charge in [0.15, 0.2) is 6.29 Å². The molecule has 74 valence electrons. The Hall–Kier alpha value is -0.875. The Bertz CT molecular complexity index is 309. The van der Waals surface area contributed by atoms with Gasteiger partial charge in [0.25, 0.3) is 0 Å². The van der Waals surface area contributed by atoms with Crippen LogP contribution in [0, 0.1) is 0 Å². The molecule has 2 N–H and O–H groups in total. The summed E-state index contributed by atoms with van der Waals surface area (Å²) in [6, 6.07) is 6.89. The third kappa shape index (κ3) is 1.96. The van der Waals surface area contributed by atoms with Crippen LogP contribution in [0.25, 0.3) is 0 Å². The second kappa shape index (κ2) is 4.10. The van der Waals surface area contributed by atoms with Crippen LogP contribution in [0.1, 0.15) is 11.9 Å². The van der Waals surface area contributed by atoms with E-state index in [1.54, 1.807) is 18.2 Å². The number of hydrogen-bond acceptors (Lipinski definition) is 4. The van der Waals surface area contributed by atoms with E-state index < -0.39 is 7.12 Å². The van der Waals surface area contributed by atoms with E-state index in [0.29, 0.717) is 18.7 Å². The fraction of sp³-hybridized carbons (Fsp3) is 0.333. The van der Waals surface area contributed by atoms with Gasteiger partial charge in [0.2, 0.25) is 0 Å². The first-order valence-corrected chi connectivity index (χ1v) is 4.46. The number of rotatable bonds is 2. The van der Waals surface area contributed by atoms with Gasteiger partial charge < -0.3 is 19.5 Å². The van der Waals surface area contributed by atoms with Crippen molar-refractivity contribution in [1.82, 2.24) is 0 Å². The summed E-state index contributed by atoms with van der Waals surface area (Å²) in [5.74, 6) is 0. The zero-order chi connectivity index (χ0) is 9.97. The molecule has 0 radical (unpaired) electrons. The van der Waals surface area contributed by atoms with E-state index in [9.17, 15) is 0 Å². The summed E-state index contributed by atoms with van der Waals surface area (Å²) in [6.45, 7) is 1.16. The van der Waals surface area contributed by atoms with Crippen LogP contribution in [-0.2, 0) is 9.47 Å². The molecule has 0 aliphatic carbocycles. The molecule has 0 unspecified atom stereocenters. The third-order valence-corrected chi connectivity index (χ3v) is 2.10. The first kappa shape index (κ1) is 9.67. The van der Waals surface area contributed by atoms with E-state index in [2.05, 4.69) is 0 Å². The fourth-order valence-electron chi connectivity index (χ4n) is 1.42. The number of hydrogen-bond donors (Lipinski definition) is 2. The minimum atomic E-state index is -1.45. The predicted molar refractivity (Wildman–Crippen MR) is 50.9 cm³/mol. The molecule has 4 nitrogen and oxygen atoms in total.